The number of nitrogens with one attached hydrogen (secondary N) is 1. The van der Waals surface area contributed by atoms with Crippen LogP contribution in [0.25, 0.3) is 10.9 Å². The SMILES string of the molecule is CCCC(C)N(C)C(=O)c1c[nH]c2cc(N)ccc12. The molecule has 0 saturated heterocycles. The van der Waals surface area contributed by atoms with E-state index in [9.17, 15) is 4.79 Å². The van der Waals surface area contributed by atoms with Gasteiger partial charge in [-0.25, -0.2) is 0 Å². The maximum atomic E-state index is 12.5. The minimum atomic E-state index is 0.0528. The number of hydrogen-bond acceptors (Lipinski definition) is 2. The Morgan fingerprint density at radius 1 is 1.47 bits per heavy atom. The van der Waals surface area contributed by atoms with Gasteiger partial charge in [0.1, 0.15) is 0 Å². The average molecular weight is 259 g/mol. The first kappa shape index (κ1) is 13.5. The summed E-state index contributed by atoms with van der Waals surface area (Å²) in [6.07, 6.45) is 3.85. The summed E-state index contributed by atoms with van der Waals surface area (Å²) in [5, 5.41) is 0.926. The van der Waals surface area contributed by atoms with E-state index in [1.54, 1.807) is 6.20 Å². The molecule has 2 rings (SSSR count). The molecule has 1 amide bonds. The van der Waals surface area contributed by atoms with Crippen molar-refractivity contribution in [1.29, 1.82) is 0 Å². The predicted octanol–water partition coefficient (Wildman–Crippen LogP) is 3.01. The van der Waals surface area contributed by atoms with Gasteiger partial charge in [-0.1, -0.05) is 13.3 Å². The Kier molecular flexibility index (Phi) is 3.79. The fourth-order valence-corrected chi connectivity index (χ4v) is 2.32. The number of benzene rings is 1. The lowest BCUT2D eigenvalue weighted by Crippen LogP contribution is -2.34. The van der Waals surface area contributed by atoms with Gasteiger partial charge in [0.2, 0.25) is 0 Å². The lowest BCUT2D eigenvalue weighted by Gasteiger charge is -2.24. The Labute approximate surface area is 113 Å². The highest BCUT2D eigenvalue weighted by atomic mass is 16.2. The zero-order valence-electron chi connectivity index (χ0n) is 11.7. The van der Waals surface area contributed by atoms with Crippen molar-refractivity contribution in [2.24, 2.45) is 0 Å². The van der Waals surface area contributed by atoms with E-state index in [0.29, 0.717) is 11.3 Å². The Morgan fingerprint density at radius 3 is 2.89 bits per heavy atom. The van der Waals surface area contributed by atoms with Crippen molar-refractivity contribution < 1.29 is 4.79 Å². The molecule has 0 aliphatic heterocycles. The van der Waals surface area contributed by atoms with E-state index >= 15 is 0 Å². The molecule has 0 aliphatic carbocycles. The van der Waals surface area contributed by atoms with Gasteiger partial charge in [-0.2, -0.15) is 0 Å². The normalized spacial score (nSPS) is 12.6. The Bertz CT molecular complexity index is 588. The van der Waals surface area contributed by atoms with Gasteiger partial charge in [-0.15, -0.1) is 0 Å². The number of carbonyl (C=O) groups excluding carboxylic acids is 1. The molecule has 0 saturated carbocycles. The number of nitrogens with two attached hydrogens (primary N) is 1. The number of rotatable bonds is 4. The zero-order valence-corrected chi connectivity index (χ0v) is 11.7. The standard InChI is InChI=1S/C15H21N3O/c1-4-5-10(2)18(3)15(19)13-9-17-14-8-11(16)6-7-12(13)14/h6-10,17H,4-5,16H2,1-3H3. The molecule has 1 heterocycles. The van der Waals surface area contributed by atoms with Crippen molar-refractivity contribution in [3.63, 3.8) is 0 Å². The molecule has 19 heavy (non-hydrogen) atoms. The van der Waals surface area contributed by atoms with Crippen LogP contribution in [-0.4, -0.2) is 28.9 Å². The lowest BCUT2D eigenvalue weighted by atomic mass is 10.1. The molecule has 102 valence electrons. The number of nitrogen functional groups attached to an aromatic ring is 1. The number of carbonyl (C=O) groups is 1. The van der Waals surface area contributed by atoms with Crippen molar-refractivity contribution in [3.05, 3.63) is 30.0 Å². The highest BCUT2D eigenvalue weighted by Gasteiger charge is 2.19. The largest absolute Gasteiger partial charge is 0.399 e. The Morgan fingerprint density at radius 2 is 2.21 bits per heavy atom. The Balaban J connectivity index is 2.31. The van der Waals surface area contributed by atoms with Gasteiger partial charge in [0.05, 0.1) is 5.56 Å². The van der Waals surface area contributed by atoms with Gasteiger partial charge in [0, 0.05) is 35.9 Å². The number of H-pyrrole nitrogens is 1. The molecule has 1 aromatic heterocycles. The second-order valence-corrected chi connectivity index (χ2v) is 5.06. The smallest absolute Gasteiger partial charge is 0.256 e. The van der Waals surface area contributed by atoms with Gasteiger partial charge < -0.3 is 15.6 Å². The van der Waals surface area contributed by atoms with Crippen LogP contribution in [0.2, 0.25) is 0 Å². The van der Waals surface area contributed by atoms with Gasteiger partial charge in [-0.05, 0) is 31.5 Å². The third-order valence-electron chi connectivity index (χ3n) is 3.62. The third kappa shape index (κ3) is 2.57. The van der Waals surface area contributed by atoms with Crippen molar-refractivity contribution in [2.75, 3.05) is 12.8 Å². The van der Waals surface area contributed by atoms with Crippen LogP contribution >= 0.6 is 0 Å². The molecule has 4 heteroatoms. The summed E-state index contributed by atoms with van der Waals surface area (Å²) in [5.74, 6) is 0.0528. The van der Waals surface area contributed by atoms with E-state index < -0.39 is 0 Å². The highest BCUT2D eigenvalue weighted by molar-refractivity contribution is 6.07. The number of anilines is 1. The molecule has 1 atom stereocenters. The predicted molar refractivity (Wildman–Crippen MR) is 79.2 cm³/mol. The van der Waals surface area contributed by atoms with Crippen molar-refractivity contribution in [2.45, 2.75) is 32.7 Å². The van der Waals surface area contributed by atoms with Crippen LogP contribution in [0.3, 0.4) is 0 Å². The highest BCUT2D eigenvalue weighted by Crippen LogP contribution is 2.22. The van der Waals surface area contributed by atoms with Crippen LogP contribution in [0.5, 0.6) is 0 Å². The molecular formula is C15H21N3O. The molecule has 4 nitrogen and oxygen atoms in total. The molecule has 0 bridgehead atoms. The van der Waals surface area contributed by atoms with Crippen LogP contribution in [0.4, 0.5) is 5.69 Å². The summed E-state index contributed by atoms with van der Waals surface area (Å²) in [7, 11) is 1.86. The fraction of sp³-hybridized carbons (Fsp3) is 0.400. The van der Waals surface area contributed by atoms with Gasteiger partial charge in [-0.3, -0.25) is 4.79 Å². The topological polar surface area (TPSA) is 62.1 Å². The number of amides is 1. The van der Waals surface area contributed by atoms with Crippen LogP contribution in [0.15, 0.2) is 24.4 Å². The second-order valence-electron chi connectivity index (χ2n) is 5.06. The summed E-state index contributed by atoms with van der Waals surface area (Å²) < 4.78 is 0. The zero-order chi connectivity index (χ0) is 14.0. The summed E-state index contributed by atoms with van der Waals surface area (Å²) >= 11 is 0. The number of aromatic amines is 1. The molecule has 1 aromatic carbocycles. The van der Waals surface area contributed by atoms with Crippen LogP contribution in [0, 0.1) is 0 Å². The second kappa shape index (κ2) is 5.34. The van der Waals surface area contributed by atoms with E-state index in [1.165, 1.54) is 0 Å². The van der Waals surface area contributed by atoms with E-state index in [1.807, 2.05) is 30.1 Å². The molecule has 0 aliphatic rings. The van der Waals surface area contributed by atoms with E-state index in [2.05, 4.69) is 18.8 Å². The number of nitrogens with zero attached hydrogens (tertiary/aromatic N) is 1. The summed E-state index contributed by atoms with van der Waals surface area (Å²) in [5.41, 5.74) is 8.05. The van der Waals surface area contributed by atoms with Gasteiger partial charge in [0.15, 0.2) is 0 Å². The average Bonchev–Trinajstić information content (AvgIpc) is 2.80. The molecular weight excluding hydrogens is 238 g/mol. The quantitative estimate of drug-likeness (QED) is 0.829. The number of hydrogen-bond donors (Lipinski definition) is 2. The first-order valence-corrected chi connectivity index (χ1v) is 6.68. The monoisotopic (exact) mass is 259 g/mol. The van der Waals surface area contributed by atoms with Crippen LogP contribution in [-0.2, 0) is 0 Å². The first-order valence-electron chi connectivity index (χ1n) is 6.68. The molecule has 3 N–H and O–H groups in total. The van der Waals surface area contributed by atoms with Gasteiger partial charge >= 0.3 is 0 Å². The summed E-state index contributed by atoms with van der Waals surface area (Å²) in [4.78, 5) is 17.4. The number of aromatic nitrogens is 1. The Hall–Kier alpha value is -1.97. The maximum Gasteiger partial charge on any atom is 0.256 e. The van der Waals surface area contributed by atoms with E-state index in [-0.39, 0.29) is 11.9 Å². The van der Waals surface area contributed by atoms with E-state index in [0.717, 1.165) is 23.7 Å². The van der Waals surface area contributed by atoms with Crippen molar-refractivity contribution >= 4 is 22.5 Å². The minimum absolute atomic E-state index is 0.0528. The third-order valence-corrected chi connectivity index (χ3v) is 3.62. The first-order chi connectivity index (χ1) is 9.04. The summed E-state index contributed by atoms with van der Waals surface area (Å²) in [6, 6.07) is 5.81. The minimum Gasteiger partial charge on any atom is -0.399 e. The molecule has 0 radical (unpaired) electrons. The molecule has 0 spiro atoms. The lowest BCUT2D eigenvalue weighted by molar-refractivity contribution is 0.0739. The molecule has 1 unspecified atom stereocenters. The van der Waals surface area contributed by atoms with Crippen LogP contribution < -0.4 is 5.73 Å². The molecule has 2 aromatic rings. The fourth-order valence-electron chi connectivity index (χ4n) is 2.32. The maximum absolute atomic E-state index is 12.5. The molecule has 0 fully saturated rings. The summed E-state index contributed by atoms with van der Waals surface area (Å²) in [6.45, 7) is 4.21. The van der Waals surface area contributed by atoms with E-state index in [4.69, 9.17) is 5.73 Å². The van der Waals surface area contributed by atoms with Crippen molar-refractivity contribution in [3.8, 4) is 0 Å². The van der Waals surface area contributed by atoms with Crippen molar-refractivity contribution in [1.82, 2.24) is 9.88 Å². The van der Waals surface area contributed by atoms with Gasteiger partial charge in [0.25, 0.3) is 5.91 Å². The van der Waals surface area contributed by atoms with Crippen LogP contribution in [0.1, 0.15) is 37.0 Å². The number of fused-ring (bicyclic) bond motifs is 1.